The van der Waals surface area contributed by atoms with Gasteiger partial charge in [-0.2, -0.15) is 4.31 Å². The second-order valence-electron chi connectivity index (χ2n) is 6.36. The Balaban J connectivity index is 1.55. The monoisotopic (exact) mass is 366 g/mol. The molecule has 0 spiro atoms. The van der Waals surface area contributed by atoms with Crippen molar-refractivity contribution < 1.29 is 18.0 Å². The molecule has 3 amide bonds. The fourth-order valence-electron chi connectivity index (χ4n) is 3.03. The molecule has 9 heteroatoms. The molecule has 0 aliphatic carbocycles. The standard InChI is InChI=1S/C16H22N4O4S/c1-17-11-15(21)20(16(17)22)13-18-7-9-19(10-8-18)25(23,24)12-14-5-3-2-4-6-14/h2-6H,7-13H2,1H3. The van der Waals surface area contributed by atoms with Crippen molar-refractivity contribution in [2.75, 3.05) is 46.4 Å². The van der Waals surface area contributed by atoms with Crippen LogP contribution < -0.4 is 0 Å². The second kappa shape index (κ2) is 7.11. The van der Waals surface area contributed by atoms with Crippen LogP contribution in [0.4, 0.5) is 4.79 Å². The molecule has 2 heterocycles. The molecule has 136 valence electrons. The van der Waals surface area contributed by atoms with Crippen molar-refractivity contribution in [3.63, 3.8) is 0 Å². The van der Waals surface area contributed by atoms with Gasteiger partial charge in [-0.15, -0.1) is 0 Å². The minimum Gasteiger partial charge on any atom is -0.318 e. The number of likely N-dealkylation sites (N-methyl/N-ethyl adjacent to an activating group) is 1. The van der Waals surface area contributed by atoms with Crippen molar-refractivity contribution in [2.24, 2.45) is 0 Å². The number of nitrogens with zero attached hydrogens (tertiary/aromatic N) is 4. The summed E-state index contributed by atoms with van der Waals surface area (Å²) in [6, 6.07) is 8.80. The number of rotatable bonds is 5. The summed E-state index contributed by atoms with van der Waals surface area (Å²) in [5.74, 6) is -0.228. The van der Waals surface area contributed by atoms with Gasteiger partial charge in [0.05, 0.1) is 12.4 Å². The van der Waals surface area contributed by atoms with E-state index in [-0.39, 0.29) is 30.9 Å². The average molecular weight is 366 g/mol. The first-order chi connectivity index (χ1) is 11.9. The predicted molar refractivity (Wildman–Crippen MR) is 92.0 cm³/mol. The molecule has 3 rings (SSSR count). The number of carbonyl (C=O) groups is 2. The molecule has 0 aromatic heterocycles. The maximum absolute atomic E-state index is 12.5. The first-order valence-corrected chi connectivity index (χ1v) is 9.77. The summed E-state index contributed by atoms with van der Waals surface area (Å²) in [5.41, 5.74) is 0.765. The summed E-state index contributed by atoms with van der Waals surface area (Å²) in [6.45, 7) is 2.03. The Hall–Kier alpha value is -1.97. The number of urea groups is 1. The third-order valence-corrected chi connectivity index (χ3v) is 6.34. The van der Waals surface area contributed by atoms with Gasteiger partial charge < -0.3 is 4.90 Å². The van der Waals surface area contributed by atoms with Crippen LogP contribution in [0.3, 0.4) is 0 Å². The molecule has 0 saturated carbocycles. The van der Waals surface area contributed by atoms with E-state index in [0.29, 0.717) is 26.2 Å². The Kier molecular flexibility index (Phi) is 5.07. The van der Waals surface area contributed by atoms with Crippen LogP contribution in [-0.2, 0) is 20.6 Å². The second-order valence-corrected chi connectivity index (χ2v) is 8.33. The number of benzene rings is 1. The molecule has 0 atom stereocenters. The van der Waals surface area contributed by atoms with Crippen molar-refractivity contribution in [1.29, 1.82) is 0 Å². The molecular formula is C16H22N4O4S. The number of hydrogen-bond acceptors (Lipinski definition) is 5. The fraction of sp³-hybridized carbons (Fsp3) is 0.500. The highest BCUT2D eigenvalue weighted by atomic mass is 32.2. The molecule has 2 fully saturated rings. The van der Waals surface area contributed by atoms with Crippen molar-refractivity contribution in [3.05, 3.63) is 35.9 Å². The van der Waals surface area contributed by atoms with Gasteiger partial charge in [0.1, 0.15) is 6.54 Å². The molecule has 0 unspecified atom stereocenters. The highest BCUT2D eigenvalue weighted by Gasteiger charge is 2.36. The Morgan fingerprint density at radius 3 is 2.20 bits per heavy atom. The van der Waals surface area contributed by atoms with Gasteiger partial charge in [0.2, 0.25) is 10.0 Å². The summed E-state index contributed by atoms with van der Waals surface area (Å²) in [4.78, 5) is 28.3. The van der Waals surface area contributed by atoms with E-state index in [1.807, 2.05) is 23.1 Å². The Morgan fingerprint density at radius 1 is 1.00 bits per heavy atom. The van der Waals surface area contributed by atoms with E-state index in [2.05, 4.69) is 0 Å². The van der Waals surface area contributed by atoms with E-state index in [0.717, 1.165) is 5.56 Å². The lowest BCUT2D eigenvalue weighted by atomic mass is 10.2. The SMILES string of the molecule is CN1CC(=O)N(CN2CCN(S(=O)(=O)Cc3ccccc3)CC2)C1=O. The summed E-state index contributed by atoms with van der Waals surface area (Å²) >= 11 is 0. The molecular weight excluding hydrogens is 344 g/mol. The highest BCUT2D eigenvalue weighted by molar-refractivity contribution is 7.88. The highest BCUT2D eigenvalue weighted by Crippen LogP contribution is 2.15. The van der Waals surface area contributed by atoms with Gasteiger partial charge in [0.25, 0.3) is 5.91 Å². The molecule has 8 nitrogen and oxygen atoms in total. The van der Waals surface area contributed by atoms with Crippen molar-refractivity contribution in [2.45, 2.75) is 5.75 Å². The van der Waals surface area contributed by atoms with Crippen LogP contribution in [0.2, 0.25) is 0 Å². The van der Waals surface area contributed by atoms with E-state index in [4.69, 9.17) is 0 Å². The zero-order valence-electron chi connectivity index (χ0n) is 14.2. The minimum atomic E-state index is -3.37. The first kappa shape index (κ1) is 17.8. The van der Waals surface area contributed by atoms with Gasteiger partial charge in [-0.25, -0.2) is 18.1 Å². The normalized spacial score (nSPS) is 20.5. The van der Waals surface area contributed by atoms with Crippen LogP contribution in [0, 0.1) is 0 Å². The van der Waals surface area contributed by atoms with E-state index in [9.17, 15) is 18.0 Å². The van der Waals surface area contributed by atoms with Crippen molar-refractivity contribution >= 4 is 22.0 Å². The van der Waals surface area contributed by atoms with Crippen LogP contribution in [0.1, 0.15) is 5.56 Å². The smallest absolute Gasteiger partial charge is 0.318 e. The number of carbonyl (C=O) groups excluding carboxylic acids is 2. The fourth-order valence-corrected chi connectivity index (χ4v) is 4.55. The van der Waals surface area contributed by atoms with Crippen LogP contribution >= 0.6 is 0 Å². The zero-order chi connectivity index (χ0) is 18.0. The van der Waals surface area contributed by atoms with E-state index in [1.165, 1.54) is 14.1 Å². The Labute approximate surface area is 147 Å². The lowest BCUT2D eigenvalue weighted by Gasteiger charge is -2.35. The van der Waals surface area contributed by atoms with Gasteiger partial charge in [0.15, 0.2) is 0 Å². The van der Waals surface area contributed by atoms with Gasteiger partial charge in [-0.1, -0.05) is 30.3 Å². The van der Waals surface area contributed by atoms with Crippen molar-refractivity contribution in [3.8, 4) is 0 Å². The lowest BCUT2D eigenvalue weighted by Crippen LogP contribution is -2.52. The Bertz CT molecular complexity index is 745. The molecule has 0 N–H and O–H groups in total. The minimum absolute atomic E-state index is 0.0122. The third-order valence-electron chi connectivity index (χ3n) is 4.49. The van der Waals surface area contributed by atoms with E-state index < -0.39 is 10.0 Å². The largest absolute Gasteiger partial charge is 0.328 e. The molecule has 0 radical (unpaired) electrons. The topological polar surface area (TPSA) is 81.2 Å². The molecule has 1 aromatic carbocycles. The number of amides is 3. The molecule has 1 aromatic rings. The van der Waals surface area contributed by atoms with Gasteiger partial charge in [-0.3, -0.25) is 9.69 Å². The molecule has 0 bridgehead atoms. The Morgan fingerprint density at radius 2 is 1.64 bits per heavy atom. The predicted octanol–water partition coefficient (Wildman–Crippen LogP) is -0.0145. The molecule has 2 saturated heterocycles. The number of imide groups is 1. The first-order valence-electron chi connectivity index (χ1n) is 8.16. The molecule has 2 aliphatic rings. The van der Waals surface area contributed by atoms with E-state index in [1.54, 1.807) is 19.2 Å². The van der Waals surface area contributed by atoms with Gasteiger partial charge in [0, 0.05) is 33.2 Å². The number of sulfonamides is 1. The van der Waals surface area contributed by atoms with Gasteiger partial charge in [-0.05, 0) is 5.56 Å². The van der Waals surface area contributed by atoms with Crippen LogP contribution in [0.25, 0.3) is 0 Å². The average Bonchev–Trinajstić information content (AvgIpc) is 2.82. The third kappa shape index (κ3) is 4.00. The summed E-state index contributed by atoms with van der Waals surface area (Å²) in [5, 5.41) is 0. The zero-order valence-corrected chi connectivity index (χ0v) is 15.0. The van der Waals surface area contributed by atoms with E-state index >= 15 is 0 Å². The van der Waals surface area contributed by atoms with Gasteiger partial charge >= 0.3 is 6.03 Å². The maximum Gasteiger partial charge on any atom is 0.328 e. The van der Waals surface area contributed by atoms with Crippen LogP contribution in [0.5, 0.6) is 0 Å². The molecule has 2 aliphatic heterocycles. The van der Waals surface area contributed by atoms with Crippen LogP contribution in [0.15, 0.2) is 30.3 Å². The number of hydrogen-bond donors (Lipinski definition) is 0. The summed E-state index contributed by atoms with van der Waals surface area (Å²) in [7, 11) is -1.77. The number of piperazine rings is 1. The van der Waals surface area contributed by atoms with Crippen LogP contribution in [-0.4, -0.2) is 85.8 Å². The summed E-state index contributed by atoms with van der Waals surface area (Å²) < 4.78 is 26.6. The lowest BCUT2D eigenvalue weighted by molar-refractivity contribution is -0.126. The molecule has 25 heavy (non-hydrogen) atoms. The summed E-state index contributed by atoms with van der Waals surface area (Å²) in [6.07, 6.45) is 0. The quantitative estimate of drug-likeness (QED) is 0.685. The van der Waals surface area contributed by atoms with Crippen molar-refractivity contribution in [1.82, 2.24) is 19.0 Å². The maximum atomic E-state index is 12.5.